The lowest BCUT2D eigenvalue weighted by molar-refractivity contribution is 0.137. The summed E-state index contributed by atoms with van der Waals surface area (Å²) in [5.74, 6) is 2.43. The van der Waals surface area contributed by atoms with Crippen LogP contribution in [0.2, 0.25) is 5.02 Å². The second-order valence-electron chi connectivity index (χ2n) is 5.78. The fourth-order valence-corrected chi connectivity index (χ4v) is 3.62. The van der Waals surface area contributed by atoms with E-state index in [2.05, 4.69) is 12.2 Å². The maximum Gasteiger partial charge on any atom is 0.120 e. The first-order chi connectivity index (χ1) is 9.74. The molecule has 3 unspecified atom stereocenters. The fourth-order valence-electron chi connectivity index (χ4n) is 3.44. The zero-order chi connectivity index (χ0) is 14.4. The highest BCUT2D eigenvalue weighted by atomic mass is 35.5. The number of likely N-dealkylation sites (N-methyl/N-ethyl adjacent to an activating group) is 1. The van der Waals surface area contributed by atoms with Crippen LogP contribution in [0.1, 0.15) is 39.0 Å². The van der Waals surface area contributed by atoms with Gasteiger partial charge in [-0.3, -0.25) is 0 Å². The van der Waals surface area contributed by atoms with Crippen LogP contribution in [0.5, 0.6) is 5.75 Å². The predicted molar refractivity (Wildman–Crippen MR) is 85.5 cm³/mol. The van der Waals surface area contributed by atoms with Crippen molar-refractivity contribution in [3.05, 3.63) is 29.3 Å². The third kappa shape index (κ3) is 4.13. The van der Waals surface area contributed by atoms with Crippen molar-refractivity contribution in [1.29, 1.82) is 0 Å². The number of hydrogen-bond acceptors (Lipinski definition) is 2. The molecule has 3 atom stereocenters. The highest BCUT2D eigenvalue weighted by Gasteiger charge is 2.30. The molecule has 1 fully saturated rings. The molecule has 1 aromatic rings. The van der Waals surface area contributed by atoms with Crippen molar-refractivity contribution in [3.8, 4) is 5.75 Å². The van der Waals surface area contributed by atoms with Crippen molar-refractivity contribution >= 4 is 11.6 Å². The summed E-state index contributed by atoms with van der Waals surface area (Å²) in [5.41, 5.74) is 0. The largest absolute Gasteiger partial charge is 0.492 e. The van der Waals surface area contributed by atoms with Crippen LogP contribution in [0.4, 0.5) is 0 Å². The molecule has 1 saturated carbocycles. The van der Waals surface area contributed by atoms with E-state index in [-0.39, 0.29) is 0 Å². The van der Waals surface area contributed by atoms with Gasteiger partial charge >= 0.3 is 0 Å². The third-order valence-corrected chi connectivity index (χ3v) is 4.84. The Morgan fingerprint density at radius 2 is 2.15 bits per heavy atom. The summed E-state index contributed by atoms with van der Waals surface area (Å²) in [6, 6.07) is 8.09. The van der Waals surface area contributed by atoms with Gasteiger partial charge in [0.15, 0.2) is 0 Å². The van der Waals surface area contributed by atoms with Crippen molar-refractivity contribution in [3.63, 3.8) is 0 Å². The van der Waals surface area contributed by atoms with Crippen molar-refractivity contribution in [2.75, 3.05) is 13.7 Å². The van der Waals surface area contributed by atoms with Crippen LogP contribution >= 0.6 is 11.6 Å². The zero-order valence-electron chi connectivity index (χ0n) is 12.6. The molecule has 1 N–H and O–H groups in total. The van der Waals surface area contributed by atoms with Gasteiger partial charge in [-0.05, 0) is 43.5 Å². The van der Waals surface area contributed by atoms with Gasteiger partial charge in [-0.15, -0.1) is 0 Å². The molecule has 1 aliphatic rings. The average molecular weight is 296 g/mol. The lowest BCUT2D eigenvalue weighted by atomic mass is 9.74. The van der Waals surface area contributed by atoms with Crippen LogP contribution in [0, 0.1) is 11.8 Å². The van der Waals surface area contributed by atoms with Gasteiger partial charge in [0.2, 0.25) is 0 Å². The molecule has 2 nitrogen and oxygen atoms in total. The van der Waals surface area contributed by atoms with Gasteiger partial charge in [-0.1, -0.05) is 50.3 Å². The summed E-state index contributed by atoms with van der Waals surface area (Å²) in [6.07, 6.45) is 6.72. The highest BCUT2D eigenvalue weighted by Crippen LogP contribution is 2.34. The number of halogens is 1. The minimum Gasteiger partial charge on any atom is -0.492 e. The summed E-state index contributed by atoms with van der Waals surface area (Å²) in [5, 5.41) is 4.19. The monoisotopic (exact) mass is 295 g/mol. The Labute approximate surface area is 127 Å². The smallest absolute Gasteiger partial charge is 0.120 e. The van der Waals surface area contributed by atoms with E-state index in [4.69, 9.17) is 16.3 Å². The highest BCUT2D eigenvalue weighted by molar-refractivity contribution is 6.30. The second-order valence-corrected chi connectivity index (χ2v) is 6.22. The Bertz CT molecular complexity index is 410. The molecule has 112 valence electrons. The molecular formula is C17H26ClNO. The Balaban J connectivity index is 1.94. The molecule has 2 rings (SSSR count). The van der Waals surface area contributed by atoms with E-state index in [0.29, 0.717) is 6.04 Å². The minimum atomic E-state index is 0.430. The lowest BCUT2D eigenvalue weighted by Crippen LogP contribution is -2.43. The van der Waals surface area contributed by atoms with Crippen LogP contribution in [0.25, 0.3) is 0 Å². The maximum atomic E-state index is 5.99. The number of nitrogens with one attached hydrogen (secondary N) is 1. The molecule has 0 radical (unpaired) electrons. The van der Waals surface area contributed by atoms with Crippen LogP contribution in [0.15, 0.2) is 24.3 Å². The topological polar surface area (TPSA) is 21.3 Å². The minimum absolute atomic E-state index is 0.430. The van der Waals surface area contributed by atoms with E-state index in [1.165, 1.54) is 32.1 Å². The van der Waals surface area contributed by atoms with Crippen molar-refractivity contribution in [2.24, 2.45) is 11.8 Å². The van der Waals surface area contributed by atoms with E-state index >= 15 is 0 Å². The van der Waals surface area contributed by atoms with Crippen LogP contribution in [-0.4, -0.2) is 19.7 Å². The van der Waals surface area contributed by atoms with Gasteiger partial charge in [-0.25, -0.2) is 0 Å². The summed E-state index contributed by atoms with van der Waals surface area (Å²) < 4.78 is 5.94. The van der Waals surface area contributed by atoms with Gasteiger partial charge in [0.1, 0.15) is 12.4 Å². The second kappa shape index (κ2) is 7.90. The Hall–Kier alpha value is -0.730. The van der Waals surface area contributed by atoms with Crippen LogP contribution in [-0.2, 0) is 0 Å². The first kappa shape index (κ1) is 15.7. The zero-order valence-corrected chi connectivity index (χ0v) is 13.3. The first-order valence-electron chi connectivity index (χ1n) is 7.80. The molecule has 1 aromatic carbocycles. The van der Waals surface area contributed by atoms with Crippen molar-refractivity contribution in [1.82, 2.24) is 5.32 Å². The molecule has 0 spiro atoms. The first-order valence-corrected chi connectivity index (χ1v) is 8.18. The molecule has 0 bridgehead atoms. The quantitative estimate of drug-likeness (QED) is 0.833. The average Bonchev–Trinajstić information content (AvgIpc) is 2.48. The molecule has 0 saturated heterocycles. The lowest BCUT2D eigenvalue weighted by Gasteiger charge is -2.36. The summed E-state index contributed by atoms with van der Waals surface area (Å²) >= 11 is 5.99. The summed E-state index contributed by atoms with van der Waals surface area (Å²) in [7, 11) is 2.05. The maximum absolute atomic E-state index is 5.99. The standard InChI is InChI=1S/C17H26ClNO/c1-3-13-7-4-5-10-16(13)17(19-2)12-20-15-9-6-8-14(18)11-15/h6,8-9,11,13,16-17,19H,3-5,7,10,12H2,1-2H3. The van der Waals surface area contributed by atoms with E-state index in [0.717, 1.165) is 29.2 Å². The van der Waals surface area contributed by atoms with Crippen molar-refractivity contribution < 1.29 is 4.74 Å². The van der Waals surface area contributed by atoms with Gasteiger partial charge in [0.25, 0.3) is 0 Å². The Kier molecular flexibility index (Phi) is 6.18. The molecule has 0 amide bonds. The third-order valence-electron chi connectivity index (χ3n) is 4.61. The van der Waals surface area contributed by atoms with Crippen molar-refractivity contribution in [2.45, 2.75) is 45.1 Å². The summed E-state index contributed by atoms with van der Waals surface area (Å²) in [4.78, 5) is 0. The molecule has 20 heavy (non-hydrogen) atoms. The van der Waals surface area contributed by atoms with E-state index < -0.39 is 0 Å². The number of benzene rings is 1. The number of rotatable bonds is 6. The molecule has 0 aromatic heterocycles. The van der Waals surface area contributed by atoms with Gasteiger partial charge in [0, 0.05) is 11.1 Å². The molecule has 0 aliphatic heterocycles. The van der Waals surface area contributed by atoms with Crippen LogP contribution < -0.4 is 10.1 Å². The van der Waals surface area contributed by atoms with E-state index in [1.54, 1.807) is 0 Å². The van der Waals surface area contributed by atoms with Gasteiger partial charge in [-0.2, -0.15) is 0 Å². The molecular weight excluding hydrogens is 270 g/mol. The Morgan fingerprint density at radius 1 is 1.35 bits per heavy atom. The number of ether oxygens (including phenoxy) is 1. The predicted octanol–water partition coefficient (Wildman–Crippen LogP) is 4.52. The summed E-state index contributed by atoms with van der Waals surface area (Å²) in [6.45, 7) is 3.03. The van der Waals surface area contributed by atoms with E-state index in [1.807, 2.05) is 31.3 Å². The SMILES string of the molecule is CCC1CCCCC1C(COc1cccc(Cl)c1)NC. The normalized spacial score (nSPS) is 24.4. The Morgan fingerprint density at radius 3 is 2.85 bits per heavy atom. The van der Waals surface area contributed by atoms with Gasteiger partial charge < -0.3 is 10.1 Å². The van der Waals surface area contributed by atoms with E-state index in [9.17, 15) is 0 Å². The van der Waals surface area contributed by atoms with Crippen LogP contribution in [0.3, 0.4) is 0 Å². The molecule has 0 heterocycles. The number of hydrogen-bond donors (Lipinski definition) is 1. The molecule has 1 aliphatic carbocycles. The molecule has 3 heteroatoms. The fraction of sp³-hybridized carbons (Fsp3) is 0.647. The van der Waals surface area contributed by atoms with Gasteiger partial charge in [0.05, 0.1) is 0 Å².